The number of rotatable bonds is 6. The van der Waals surface area contributed by atoms with Gasteiger partial charge in [0.1, 0.15) is 11.5 Å². The summed E-state index contributed by atoms with van der Waals surface area (Å²) in [6, 6.07) is 13.5. The van der Waals surface area contributed by atoms with E-state index in [2.05, 4.69) is 25.3 Å². The number of benzene rings is 1. The van der Waals surface area contributed by atoms with Crippen molar-refractivity contribution in [3.63, 3.8) is 0 Å². The smallest absolute Gasteiger partial charge is 0.188 e. The van der Waals surface area contributed by atoms with Crippen LogP contribution in [0.3, 0.4) is 0 Å². The second-order valence-electron chi connectivity index (χ2n) is 7.31. The Hall–Kier alpha value is -4.33. The van der Waals surface area contributed by atoms with Crippen LogP contribution in [0.2, 0.25) is 0 Å². The van der Waals surface area contributed by atoms with Crippen molar-refractivity contribution in [1.82, 2.24) is 29.9 Å². The molecule has 3 N–H and O–H groups in total. The third-order valence-corrected chi connectivity index (χ3v) is 5.06. The number of fused-ring (bicyclic) bond motifs is 1. The van der Waals surface area contributed by atoms with Crippen LogP contribution in [0.25, 0.3) is 22.0 Å². The average molecular weight is 409 g/mol. The van der Waals surface area contributed by atoms with Gasteiger partial charge in [0.05, 0.1) is 18.3 Å². The molecule has 0 saturated heterocycles. The number of nitrogen functional groups attached to an aromatic ring is 1. The maximum atomic E-state index is 12.9. The molecule has 0 atom stereocenters. The predicted octanol–water partition coefficient (Wildman–Crippen LogP) is 3.27. The highest BCUT2D eigenvalue weighted by Crippen LogP contribution is 2.25. The van der Waals surface area contributed by atoms with Gasteiger partial charge >= 0.3 is 0 Å². The lowest BCUT2D eigenvalue weighted by Crippen LogP contribution is -2.04. The number of ketones is 1. The van der Waals surface area contributed by atoms with Crippen LogP contribution in [0.4, 0.5) is 5.82 Å². The van der Waals surface area contributed by atoms with Gasteiger partial charge in [0, 0.05) is 42.2 Å². The lowest BCUT2D eigenvalue weighted by atomic mass is 10.0. The van der Waals surface area contributed by atoms with E-state index in [-0.39, 0.29) is 12.2 Å². The van der Waals surface area contributed by atoms with E-state index in [0.29, 0.717) is 18.1 Å². The summed E-state index contributed by atoms with van der Waals surface area (Å²) in [5.41, 5.74) is 10.8. The second-order valence-corrected chi connectivity index (χ2v) is 7.31. The van der Waals surface area contributed by atoms with Crippen LogP contribution in [-0.4, -0.2) is 35.7 Å². The van der Waals surface area contributed by atoms with Crippen LogP contribution in [0.5, 0.6) is 0 Å². The molecule has 5 aromatic rings. The number of pyridine rings is 2. The molecule has 0 radical (unpaired) electrons. The number of nitrogens with two attached hydrogens (primary N) is 1. The summed E-state index contributed by atoms with van der Waals surface area (Å²) < 4.78 is 1.78. The van der Waals surface area contributed by atoms with Crippen LogP contribution < -0.4 is 5.73 Å². The van der Waals surface area contributed by atoms with Crippen LogP contribution >= 0.6 is 0 Å². The molecule has 0 amide bonds. The Balaban J connectivity index is 1.33. The number of hydrogen-bond donors (Lipinski definition) is 2. The topological polar surface area (TPSA) is 115 Å². The molecule has 0 bridgehead atoms. The van der Waals surface area contributed by atoms with E-state index in [9.17, 15) is 4.79 Å². The molecule has 4 aromatic heterocycles. The van der Waals surface area contributed by atoms with Gasteiger partial charge in [0.25, 0.3) is 0 Å². The van der Waals surface area contributed by atoms with Gasteiger partial charge in [-0.1, -0.05) is 12.1 Å². The summed E-state index contributed by atoms with van der Waals surface area (Å²) in [4.78, 5) is 21.1. The molecular weight excluding hydrogens is 390 g/mol. The first-order chi connectivity index (χ1) is 15.2. The van der Waals surface area contributed by atoms with Crippen LogP contribution in [0, 0.1) is 0 Å². The minimum atomic E-state index is -0.0620. The molecule has 5 rings (SSSR count). The Kier molecular flexibility index (Phi) is 4.72. The molecule has 8 heteroatoms. The lowest BCUT2D eigenvalue weighted by Gasteiger charge is -2.02. The summed E-state index contributed by atoms with van der Waals surface area (Å²) in [7, 11) is 0. The van der Waals surface area contributed by atoms with Crippen molar-refractivity contribution >= 4 is 22.5 Å². The molecule has 152 valence electrons. The standard InChI is InChI=1S/C23H19N7O/c24-22-9-15(5-7-26-22)13-30-14-16(11-27-30)8-21(31)23-19-4-3-17(10-20(19)28-29-23)18-2-1-6-25-12-18/h1-7,9-12,14H,8,13H2,(H2,24,26)(H,28,29). The Morgan fingerprint density at radius 3 is 2.81 bits per heavy atom. The fourth-order valence-electron chi connectivity index (χ4n) is 3.58. The first-order valence-corrected chi connectivity index (χ1v) is 9.79. The summed E-state index contributed by atoms with van der Waals surface area (Å²) >= 11 is 0. The highest BCUT2D eigenvalue weighted by Gasteiger charge is 2.16. The largest absolute Gasteiger partial charge is 0.384 e. The first-order valence-electron chi connectivity index (χ1n) is 9.79. The van der Waals surface area contributed by atoms with Crippen molar-refractivity contribution in [2.75, 3.05) is 5.73 Å². The Labute approximate surface area is 177 Å². The molecule has 0 aliphatic rings. The lowest BCUT2D eigenvalue weighted by molar-refractivity contribution is 0.0989. The summed E-state index contributed by atoms with van der Waals surface area (Å²) in [5, 5.41) is 12.4. The monoisotopic (exact) mass is 409 g/mol. The number of nitrogens with one attached hydrogen (secondary N) is 1. The fraction of sp³-hybridized carbons (Fsp3) is 0.0870. The minimum Gasteiger partial charge on any atom is -0.384 e. The van der Waals surface area contributed by atoms with Gasteiger partial charge in [-0.2, -0.15) is 10.2 Å². The van der Waals surface area contributed by atoms with Gasteiger partial charge < -0.3 is 5.73 Å². The van der Waals surface area contributed by atoms with E-state index in [1.54, 1.807) is 23.3 Å². The van der Waals surface area contributed by atoms with E-state index in [1.807, 2.05) is 54.9 Å². The van der Waals surface area contributed by atoms with Crippen molar-refractivity contribution in [3.05, 3.63) is 90.3 Å². The van der Waals surface area contributed by atoms with Gasteiger partial charge in [-0.3, -0.25) is 19.6 Å². The van der Waals surface area contributed by atoms with Crippen molar-refractivity contribution in [2.45, 2.75) is 13.0 Å². The molecule has 0 spiro atoms. The summed E-state index contributed by atoms with van der Waals surface area (Å²) in [6.07, 6.45) is 9.01. The third-order valence-electron chi connectivity index (χ3n) is 5.06. The SMILES string of the molecule is Nc1cc(Cn2cc(CC(=O)c3n[nH]c4cc(-c5cccnc5)ccc34)cn2)ccn1. The van der Waals surface area contributed by atoms with E-state index in [0.717, 1.165) is 33.2 Å². The number of Topliss-reactive ketones (excluding diaryl/α,β-unsaturated/α-hetero) is 1. The number of nitrogens with zero attached hydrogens (tertiary/aromatic N) is 5. The fourth-order valence-corrected chi connectivity index (χ4v) is 3.58. The minimum absolute atomic E-state index is 0.0620. The molecule has 0 fully saturated rings. The molecule has 0 aliphatic heterocycles. The number of H-pyrrole nitrogens is 1. The van der Waals surface area contributed by atoms with Gasteiger partial charge in [-0.05, 0) is 47.0 Å². The van der Waals surface area contributed by atoms with E-state index >= 15 is 0 Å². The van der Waals surface area contributed by atoms with E-state index < -0.39 is 0 Å². The molecule has 31 heavy (non-hydrogen) atoms. The normalized spacial score (nSPS) is 11.1. The third kappa shape index (κ3) is 3.91. The van der Waals surface area contributed by atoms with Gasteiger partial charge in [-0.25, -0.2) is 4.98 Å². The number of anilines is 1. The van der Waals surface area contributed by atoms with E-state index in [4.69, 9.17) is 5.73 Å². The molecule has 8 nitrogen and oxygen atoms in total. The number of hydrogen-bond acceptors (Lipinski definition) is 6. The van der Waals surface area contributed by atoms with Crippen molar-refractivity contribution in [1.29, 1.82) is 0 Å². The number of aromatic amines is 1. The Morgan fingerprint density at radius 1 is 1.03 bits per heavy atom. The maximum absolute atomic E-state index is 12.9. The van der Waals surface area contributed by atoms with Gasteiger partial charge in [-0.15, -0.1) is 0 Å². The average Bonchev–Trinajstić information content (AvgIpc) is 3.40. The highest BCUT2D eigenvalue weighted by molar-refractivity contribution is 6.07. The Morgan fingerprint density at radius 2 is 1.97 bits per heavy atom. The maximum Gasteiger partial charge on any atom is 0.188 e. The first kappa shape index (κ1) is 18.7. The quantitative estimate of drug-likeness (QED) is 0.416. The predicted molar refractivity (Wildman–Crippen MR) is 117 cm³/mol. The molecular formula is C23H19N7O. The van der Waals surface area contributed by atoms with Crippen LogP contribution in [0.15, 0.2) is 73.4 Å². The Bertz CT molecular complexity index is 1370. The molecule has 0 aliphatic carbocycles. The number of carbonyl (C=O) groups is 1. The van der Waals surface area contributed by atoms with Gasteiger partial charge in [0.15, 0.2) is 5.78 Å². The zero-order chi connectivity index (χ0) is 21.2. The highest BCUT2D eigenvalue weighted by atomic mass is 16.1. The van der Waals surface area contributed by atoms with Crippen molar-refractivity contribution < 1.29 is 4.79 Å². The molecule has 0 unspecified atom stereocenters. The number of aromatic nitrogens is 6. The zero-order valence-electron chi connectivity index (χ0n) is 16.6. The van der Waals surface area contributed by atoms with Crippen LogP contribution in [-0.2, 0) is 13.0 Å². The second kappa shape index (κ2) is 7.83. The number of carbonyl (C=O) groups excluding carboxylic acids is 1. The summed E-state index contributed by atoms with van der Waals surface area (Å²) in [6.45, 7) is 0.559. The summed E-state index contributed by atoms with van der Waals surface area (Å²) in [5.74, 6) is 0.408. The molecule has 4 heterocycles. The van der Waals surface area contributed by atoms with Crippen LogP contribution in [0.1, 0.15) is 21.6 Å². The molecule has 0 saturated carbocycles. The van der Waals surface area contributed by atoms with E-state index in [1.165, 1.54) is 0 Å². The zero-order valence-corrected chi connectivity index (χ0v) is 16.6. The van der Waals surface area contributed by atoms with Crippen molar-refractivity contribution in [2.24, 2.45) is 0 Å². The van der Waals surface area contributed by atoms with Crippen molar-refractivity contribution in [3.8, 4) is 11.1 Å². The molecule has 1 aromatic carbocycles. The van der Waals surface area contributed by atoms with Gasteiger partial charge in [0.2, 0.25) is 0 Å².